The second-order valence-electron chi connectivity index (χ2n) is 4.30. The van der Waals surface area contributed by atoms with Crippen molar-refractivity contribution in [1.82, 2.24) is 9.88 Å². The van der Waals surface area contributed by atoms with E-state index in [1.165, 1.54) is 0 Å². The maximum Gasteiger partial charge on any atom is 0.159 e. The molecule has 2 heterocycles. The Morgan fingerprint density at radius 3 is 2.94 bits per heavy atom. The van der Waals surface area contributed by atoms with Gasteiger partial charge in [0.2, 0.25) is 0 Å². The van der Waals surface area contributed by atoms with Gasteiger partial charge in [0.05, 0.1) is 18.8 Å². The molecule has 0 saturated carbocycles. The van der Waals surface area contributed by atoms with Gasteiger partial charge in [-0.05, 0) is 26.0 Å². The zero-order chi connectivity index (χ0) is 13.0. The van der Waals surface area contributed by atoms with Crippen molar-refractivity contribution in [3.8, 4) is 0 Å². The van der Waals surface area contributed by atoms with E-state index in [-0.39, 0.29) is 0 Å². The van der Waals surface area contributed by atoms with Gasteiger partial charge >= 0.3 is 0 Å². The van der Waals surface area contributed by atoms with Crippen LogP contribution in [0.2, 0.25) is 0 Å². The molecule has 98 valence electrons. The van der Waals surface area contributed by atoms with Crippen LogP contribution in [0.15, 0.2) is 23.2 Å². The summed E-state index contributed by atoms with van der Waals surface area (Å²) in [6.07, 6.45) is 0. The molecule has 0 spiro atoms. The quantitative estimate of drug-likeness (QED) is 0.795. The van der Waals surface area contributed by atoms with Crippen LogP contribution in [0.25, 0.3) is 0 Å². The van der Waals surface area contributed by atoms with E-state index in [9.17, 15) is 0 Å². The normalized spacial score (nSPS) is 18.8. The number of nitrogens with zero attached hydrogens (tertiary/aromatic N) is 3. The summed E-state index contributed by atoms with van der Waals surface area (Å²) in [5.41, 5.74) is 2.19. The number of aromatic nitrogens is 1. The van der Waals surface area contributed by atoms with Gasteiger partial charge in [0.1, 0.15) is 0 Å². The SMILES string of the molecule is CCN(Cc1cccc(C)n1)C1=NCC(CBr)S1. The van der Waals surface area contributed by atoms with Gasteiger partial charge in [0, 0.05) is 22.8 Å². The van der Waals surface area contributed by atoms with E-state index in [0.717, 1.165) is 41.5 Å². The third-order valence-corrected chi connectivity index (χ3v) is 5.28. The molecular formula is C13H18BrN3S. The molecule has 0 amide bonds. The van der Waals surface area contributed by atoms with E-state index in [2.05, 4.69) is 49.9 Å². The molecule has 0 saturated heterocycles. The van der Waals surface area contributed by atoms with Gasteiger partial charge < -0.3 is 4.90 Å². The average Bonchev–Trinajstić information content (AvgIpc) is 2.84. The van der Waals surface area contributed by atoms with Crippen molar-refractivity contribution in [2.45, 2.75) is 25.6 Å². The van der Waals surface area contributed by atoms with Gasteiger partial charge in [0.25, 0.3) is 0 Å². The van der Waals surface area contributed by atoms with Crippen LogP contribution in [0.3, 0.4) is 0 Å². The second-order valence-corrected chi connectivity index (χ2v) is 6.22. The van der Waals surface area contributed by atoms with Crippen molar-refractivity contribution in [1.29, 1.82) is 0 Å². The van der Waals surface area contributed by atoms with Crippen molar-refractivity contribution in [2.75, 3.05) is 18.4 Å². The Morgan fingerprint density at radius 2 is 2.33 bits per heavy atom. The summed E-state index contributed by atoms with van der Waals surface area (Å²) >= 11 is 5.39. The smallest absolute Gasteiger partial charge is 0.159 e. The lowest BCUT2D eigenvalue weighted by Gasteiger charge is -2.22. The highest BCUT2D eigenvalue weighted by Gasteiger charge is 2.22. The molecule has 1 aromatic heterocycles. The monoisotopic (exact) mass is 327 g/mol. The van der Waals surface area contributed by atoms with Crippen LogP contribution in [-0.4, -0.2) is 38.7 Å². The van der Waals surface area contributed by atoms with Gasteiger partial charge in [-0.2, -0.15) is 0 Å². The van der Waals surface area contributed by atoms with E-state index < -0.39 is 0 Å². The third-order valence-electron chi connectivity index (χ3n) is 2.83. The Hall–Kier alpha value is -0.550. The van der Waals surface area contributed by atoms with E-state index in [1.807, 2.05) is 24.8 Å². The highest BCUT2D eigenvalue weighted by Crippen LogP contribution is 2.25. The van der Waals surface area contributed by atoms with E-state index in [0.29, 0.717) is 5.25 Å². The van der Waals surface area contributed by atoms with Crippen molar-refractivity contribution in [3.63, 3.8) is 0 Å². The predicted octanol–water partition coefficient (Wildman–Crippen LogP) is 3.08. The van der Waals surface area contributed by atoms with Crippen LogP contribution >= 0.6 is 27.7 Å². The molecule has 5 heteroatoms. The summed E-state index contributed by atoms with van der Waals surface area (Å²) in [5.74, 6) is 0. The van der Waals surface area contributed by atoms with E-state index in [4.69, 9.17) is 0 Å². The molecule has 1 aliphatic rings. The maximum atomic E-state index is 4.63. The number of hydrogen-bond acceptors (Lipinski definition) is 4. The molecule has 0 aromatic carbocycles. The maximum absolute atomic E-state index is 4.63. The first-order valence-corrected chi connectivity index (χ1v) is 8.17. The highest BCUT2D eigenvalue weighted by atomic mass is 79.9. The summed E-state index contributed by atoms with van der Waals surface area (Å²) < 4.78 is 0. The lowest BCUT2D eigenvalue weighted by Crippen LogP contribution is -2.28. The molecule has 18 heavy (non-hydrogen) atoms. The summed E-state index contributed by atoms with van der Waals surface area (Å²) in [6.45, 7) is 6.93. The number of aryl methyl sites for hydroxylation is 1. The molecule has 0 fully saturated rings. The Balaban J connectivity index is 2.02. The van der Waals surface area contributed by atoms with Gasteiger partial charge in [0.15, 0.2) is 5.17 Å². The molecule has 2 rings (SSSR count). The summed E-state index contributed by atoms with van der Waals surface area (Å²) in [4.78, 5) is 11.5. The van der Waals surface area contributed by atoms with Gasteiger partial charge in [-0.25, -0.2) is 0 Å². The number of hydrogen-bond donors (Lipinski definition) is 0. The first kappa shape index (κ1) is 13.9. The van der Waals surface area contributed by atoms with Crippen LogP contribution in [0.5, 0.6) is 0 Å². The van der Waals surface area contributed by atoms with Crippen molar-refractivity contribution in [2.24, 2.45) is 4.99 Å². The summed E-state index contributed by atoms with van der Waals surface area (Å²) in [5, 5.41) is 2.75. The molecule has 1 atom stereocenters. The van der Waals surface area contributed by atoms with Gasteiger partial charge in [-0.1, -0.05) is 33.8 Å². The molecular weight excluding hydrogens is 310 g/mol. The molecule has 0 radical (unpaired) electrons. The number of thioether (sulfide) groups is 1. The van der Waals surface area contributed by atoms with Crippen LogP contribution in [0, 0.1) is 6.92 Å². The fraction of sp³-hybridized carbons (Fsp3) is 0.538. The molecule has 0 bridgehead atoms. The predicted molar refractivity (Wildman–Crippen MR) is 82.5 cm³/mol. The topological polar surface area (TPSA) is 28.5 Å². The highest BCUT2D eigenvalue weighted by molar-refractivity contribution is 9.09. The van der Waals surface area contributed by atoms with Crippen LogP contribution < -0.4 is 0 Å². The minimum Gasteiger partial charge on any atom is -0.346 e. The molecule has 0 aliphatic carbocycles. The fourth-order valence-electron chi connectivity index (χ4n) is 1.86. The lowest BCUT2D eigenvalue weighted by atomic mass is 10.3. The van der Waals surface area contributed by atoms with E-state index >= 15 is 0 Å². The van der Waals surface area contributed by atoms with Crippen LogP contribution in [0.1, 0.15) is 18.3 Å². The number of alkyl halides is 1. The van der Waals surface area contributed by atoms with Gasteiger partial charge in [-0.3, -0.25) is 9.98 Å². The molecule has 0 N–H and O–H groups in total. The number of rotatable bonds is 4. The molecule has 3 nitrogen and oxygen atoms in total. The van der Waals surface area contributed by atoms with Crippen LogP contribution in [0.4, 0.5) is 0 Å². The number of pyridine rings is 1. The fourth-order valence-corrected chi connectivity index (χ4v) is 3.46. The zero-order valence-electron chi connectivity index (χ0n) is 10.8. The zero-order valence-corrected chi connectivity index (χ0v) is 13.2. The van der Waals surface area contributed by atoms with Crippen molar-refractivity contribution >= 4 is 32.9 Å². The lowest BCUT2D eigenvalue weighted by molar-refractivity contribution is 0.437. The molecule has 1 unspecified atom stereocenters. The van der Waals surface area contributed by atoms with E-state index in [1.54, 1.807) is 0 Å². The second kappa shape index (κ2) is 6.57. The Labute approximate surface area is 121 Å². The minimum absolute atomic E-state index is 0.583. The molecule has 1 aliphatic heterocycles. The van der Waals surface area contributed by atoms with Gasteiger partial charge in [-0.15, -0.1) is 0 Å². The summed E-state index contributed by atoms with van der Waals surface area (Å²) in [7, 11) is 0. The van der Waals surface area contributed by atoms with Crippen LogP contribution in [-0.2, 0) is 6.54 Å². The molecule has 1 aromatic rings. The number of aliphatic imine (C=N–C) groups is 1. The third kappa shape index (κ3) is 3.48. The minimum atomic E-state index is 0.583. The Bertz CT molecular complexity index is 436. The Kier molecular flexibility index (Phi) is 5.06. The number of halogens is 1. The standard InChI is InChI=1S/C13H18BrN3S/c1-3-17(13-15-8-12(7-14)18-13)9-11-6-4-5-10(2)16-11/h4-6,12H,3,7-9H2,1-2H3. The Morgan fingerprint density at radius 1 is 1.50 bits per heavy atom. The first-order chi connectivity index (χ1) is 8.72. The summed E-state index contributed by atoms with van der Waals surface area (Å²) in [6, 6.07) is 6.18. The number of amidine groups is 1. The van der Waals surface area contributed by atoms with Crippen molar-refractivity contribution < 1.29 is 0 Å². The van der Waals surface area contributed by atoms with Crippen molar-refractivity contribution in [3.05, 3.63) is 29.6 Å². The average molecular weight is 328 g/mol. The first-order valence-electron chi connectivity index (χ1n) is 6.17. The largest absolute Gasteiger partial charge is 0.346 e.